The van der Waals surface area contributed by atoms with Crippen molar-refractivity contribution in [3.63, 3.8) is 0 Å². The molecule has 1 aliphatic carbocycles. The fraction of sp³-hybridized carbons (Fsp3) is 0.800. The fourth-order valence-corrected chi connectivity index (χ4v) is 3.59. The Hall–Kier alpha value is 0.160. The zero-order valence-electron chi connectivity index (χ0n) is 9.52. The zero-order chi connectivity index (χ0) is 11.5. The monoisotopic (exact) mass is 277 g/mol. The molecule has 2 unspecified atom stereocenters. The van der Waals surface area contributed by atoms with Crippen LogP contribution in [-0.4, -0.2) is 39.1 Å². The van der Waals surface area contributed by atoms with Crippen LogP contribution in [0.25, 0.3) is 0 Å². The molecule has 1 saturated carbocycles. The Kier molecular flexibility index (Phi) is 4.47. The summed E-state index contributed by atoms with van der Waals surface area (Å²) in [5.74, 6) is 0. The molecule has 2 atom stereocenters. The van der Waals surface area contributed by atoms with Gasteiger partial charge in [0.05, 0.1) is 0 Å². The van der Waals surface area contributed by atoms with Crippen LogP contribution in [0.15, 0.2) is 0 Å². The Morgan fingerprint density at radius 3 is 2.94 bits per heavy atom. The van der Waals surface area contributed by atoms with Gasteiger partial charge in [0, 0.05) is 29.4 Å². The fourth-order valence-electron chi connectivity index (χ4n) is 2.19. The molecule has 6 heteroatoms. The summed E-state index contributed by atoms with van der Waals surface area (Å²) in [6.07, 6.45) is 6.11. The molecule has 0 spiro atoms. The molecule has 1 aromatic heterocycles. The number of hydrogen-bond acceptors (Lipinski definition) is 5. The maximum Gasteiger partial charge on any atom is 0.138 e. The van der Waals surface area contributed by atoms with E-state index in [1.165, 1.54) is 30.8 Å². The molecule has 3 nitrogen and oxygen atoms in total. The SMILES string of the molecule is CSC1CCC(N(C)Cc2nnsc2Cl)C1. The van der Waals surface area contributed by atoms with Crippen LogP contribution >= 0.6 is 34.9 Å². The summed E-state index contributed by atoms with van der Waals surface area (Å²) >= 11 is 9.26. The van der Waals surface area contributed by atoms with Gasteiger partial charge in [-0.3, -0.25) is 4.90 Å². The molecule has 0 bridgehead atoms. The minimum absolute atomic E-state index is 0.676. The second-order valence-electron chi connectivity index (χ2n) is 4.23. The number of halogens is 1. The summed E-state index contributed by atoms with van der Waals surface area (Å²) < 4.78 is 4.59. The van der Waals surface area contributed by atoms with Gasteiger partial charge in [0.1, 0.15) is 10.0 Å². The van der Waals surface area contributed by atoms with E-state index in [1.807, 2.05) is 11.8 Å². The van der Waals surface area contributed by atoms with Crippen LogP contribution in [0.2, 0.25) is 4.34 Å². The molecule has 90 valence electrons. The van der Waals surface area contributed by atoms with Crippen LogP contribution in [0.3, 0.4) is 0 Å². The van der Waals surface area contributed by atoms with E-state index < -0.39 is 0 Å². The van der Waals surface area contributed by atoms with Gasteiger partial charge in [-0.25, -0.2) is 0 Å². The molecule has 1 aromatic rings. The zero-order valence-corrected chi connectivity index (χ0v) is 11.9. The van der Waals surface area contributed by atoms with Gasteiger partial charge in [-0.05, 0) is 32.6 Å². The van der Waals surface area contributed by atoms with Crippen molar-refractivity contribution in [2.45, 2.75) is 37.1 Å². The van der Waals surface area contributed by atoms with Crippen molar-refractivity contribution in [2.75, 3.05) is 13.3 Å². The maximum atomic E-state index is 6.01. The first-order valence-electron chi connectivity index (χ1n) is 5.40. The Balaban J connectivity index is 1.89. The molecule has 1 heterocycles. The third-order valence-electron chi connectivity index (χ3n) is 3.22. The van der Waals surface area contributed by atoms with Crippen molar-refractivity contribution >= 4 is 34.9 Å². The molecule has 0 aliphatic heterocycles. The number of thioether (sulfide) groups is 1. The highest BCUT2D eigenvalue weighted by Crippen LogP contribution is 2.31. The predicted octanol–water partition coefficient (Wildman–Crippen LogP) is 2.91. The Labute approximate surface area is 110 Å². The van der Waals surface area contributed by atoms with E-state index in [1.54, 1.807) is 0 Å². The van der Waals surface area contributed by atoms with Gasteiger partial charge >= 0.3 is 0 Å². The van der Waals surface area contributed by atoms with Gasteiger partial charge in [-0.15, -0.1) is 5.10 Å². The number of hydrogen-bond donors (Lipinski definition) is 0. The highest BCUT2D eigenvalue weighted by atomic mass is 35.5. The summed E-state index contributed by atoms with van der Waals surface area (Å²) in [5, 5.41) is 4.89. The van der Waals surface area contributed by atoms with E-state index >= 15 is 0 Å². The van der Waals surface area contributed by atoms with Crippen molar-refractivity contribution in [1.82, 2.24) is 14.5 Å². The maximum absolute atomic E-state index is 6.01. The average Bonchev–Trinajstić information content (AvgIpc) is 2.88. The van der Waals surface area contributed by atoms with Crippen molar-refractivity contribution in [3.05, 3.63) is 10.0 Å². The molecule has 0 N–H and O–H groups in total. The molecule has 0 saturated heterocycles. The van der Waals surface area contributed by atoms with Crippen molar-refractivity contribution in [2.24, 2.45) is 0 Å². The van der Waals surface area contributed by atoms with Crippen LogP contribution in [-0.2, 0) is 6.54 Å². The summed E-state index contributed by atoms with van der Waals surface area (Å²) in [5.41, 5.74) is 0.918. The van der Waals surface area contributed by atoms with Gasteiger partial charge < -0.3 is 0 Å². The smallest absolute Gasteiger partial charge is 0.138 e. The normalized spacial score (nSPS) is 25.5. The summed E-state index contributed by atoms with van der Waals surface area (Å²) in [6, 6.07) is 0.676. The first-order valence-corrected chi connectivity index (χ1v) is 7.84. The first kappa shape index (κ1) is 12.6. The van der Waals surface area contributed by atoms with Gasteiger partial charge in [0.15, 0.2) is 0 Å². The Morgan fingerprint density at radius 1 is 1.56 bits per heavy atom. The van der Waals surface area contributed by atoms with Crippen molar-refractivity contribution in [3.8, 4) is 0 Å². The molecule has 0 amide bonds. The Morgan fingerprint density at radius 2 is 2.38 bits per heavy atom. The van der Waals surface area contributed by atoms with E-state index in [0.29, 0.717) is 6.04 Å². The van der Waals surface area contributed by atoms with Crippen LogP contribution < -0.4 is 0 Å². The van der Waals surface area contributed by atoms with E-state index in [2.05, 4.69) is 27.8 Å². The molecule has 2 rings (SSSR count). The van der Waals surface area contributed by atoms with Crippen molar-refractivity contribution < 1.29 is 0 Å². The lowest BCUT2D eigenvalue weighted by atomic mass is 10.2. The second kappa shape index (κ2) is 5.67. The third-order valence-corrected chi connectivity index (χ3v) is 5.30. The molecule has 1 aliphatic rings. The summed E-state index contributed by atoms with van der Waals surface area (Å²) in [7, 11) is 2.16. The lowest BCUT2D eigenvalue weighted by Crippen LogP contribution is -2.29. The number of aromatic nitrogens is 2. The van der Waals surface area contributed by atoms with Crippen LogP contribution in [0.1, 0.15) is 25.0 Å². The van der Waals surface area contributed by atoms with Crippen LogP contribution in [0, 0.1) is 0 Å². The van der Waals surface area contributed by atoms with E-state index in [-0.39, 0.29) is 0 Å². The third kappa shape index (κ3) is 2.88. The van der Waals surface area contributed by atoms with Gasteiger partial charge in [0.25, 0.3) is 0 Å². The molecule has 0 radical (unpaired) electrons. The lowest BCUT2D eigenvalue weighted by Gasteiger charge is -2.23. The van der Waals surface area contributed by atoms with E-state index in [0.717, 1.165) is 21.8 Å². The van der Waals surface area contributed by atoms with Crippen LogP contribution in [0.5, 0.6) is 0 Å². The molecule has 1 fully saturated rings. The largest absolute Gasteiger partial charge is 0.297 e. The number of nitrogens with zero attached hydrogens (tertiary/aromatic N) is 3. The van der Waals surface area contributed by atoms with E-state index in [9.17, 15) is 0 Å². The minimum atomic E-state index is 0.676. The van der Waals surface area contributed by atoms with Crippen molar-refractivity contribution in [1.29, 1.82) is 0 Å². The Bertz CT molecular complexity index is 345. The highest BCUT2D eigenvalue weighted by molar-refractivity contribution is 7.99. The van der Waals surface area contributed by atoms with E-state index in [4.69, 9.17) is 11.6 Å². The topological polar surface area (TPSA) is 29.0 Å². The predicted molar refractivity (Wildman–Crippen MR) is 71.3 cm³/mol. The number of rotatable bonds is 4. The lowest BCUT2D eigenvalue weighted by molar-refractivity contribution is 0.235. The van der Waals surface area contributed by atoms with Gasteiger partial charge in [-0.2, -0.15) is 11.8 Å². The molecule has 0 aromatic carbocycles. The summed E-state index contributed by atoms with van der Waals surface area (Å²) in [4.78, 5) is 2.36. The van der Waals surface area contributed by atoms with Gasteiger partial charge in [0.2, 0.25) is 0 Å². The summed E-state index contributed by atoms with van der Waals surface area (Å²) in [6.45, 7) is 0.821. The minimum Gasteiger partial charge on any atom is -0.297 e. The first-order chi connectivity index (χ1) is 7.70. The standard InChI is InChI=1S/C10H16ClN3S2/c1-14(6-9-10(11)16-13-12-9)7-3-4-8(5-7)15-2/h7-8H,3-6H2,1-2H3. The highest BCUT2D eigenvalue weighted by Gasteiger charge is 2.27. The quantitative estimate of drug-likeness (QED) is 0.846. The molecule has 16 heavy (non-hydrogen) atoms. The molecular formula is C10H16ClN3S2. The molecular weight excluding hydrogens is 262 g/mol. The van der Waals surface area contributed by atoms with Gasteiger partial charge in [-0.1, -0.05) is 16.1 Å². The second-order valence-corrected chi connectivity index (χ2v) is 6.73. The van der Waals surface area contributed by atoms with Crippen LogP contribution in [0.4, 0.5) is 0 Å². The average molecular weight is 278 g/mol.